The predicted molar refractivity (Wildman–Crippen MR) is 105 cm³/mol. The van der Waals surface area contributed by atoms with Crippen LogP contribution in [0, 0.1) is 0 Å². The van der Waals surface area contributed by atoms with Gasteiger partial charge in [0, 0.05) is 27.7 Å². The molecule has 0 aliphatic carbocycles. The number of carbonyl (C=O) groups is 2. The lowest BCUT2D eigenvalue weighted by molar-refractivity contribution is -0.136. The second-order valence-corrected chi connectivity index (χ2v) is 6.15. The summed E-state index contributed by atoms with van der Waals surface area (Å²) in [5, 5.41) is 0. The number of esters is 1. The van der Waals surface area contributed by atoms with Gasteiger partial charge < -0.3 is 18.9 Å². The molecular weight excluding hydrogens is 416 g/mol. The van der Waals surface area contributed by atoms with Crippen molar-refractivity contribution in [3.63, 3.8) is 0 Å². The van der Waals surface area contributed by atoms with Crippen molar-refractivity contribution in [2.24, 2.45) is 0 Å². The van der Waals surface area contributed by atoms with E-state index in [9.17, 15) is 9.59 Å². The van der Waals surface area contributed by atoms with Gasteiger partial charge >= 0.3 is 5.97 Å². The zero-order valence-electron chi connectivity index (χ0n) is 15.2. The van der Waals surface area contributed by atoms with E-state index in [1.807, 2.05) is 0 Å². The molecule has 27 heavy (non-hydrogen) atoms. The highest BCUT2D eigenvalue weighted by atomic mass is 79.9. The van der Waals surface area contributed by atoms with E-state index in [0.717, 1.165) is 0 Å². The van der Waals surface area contributed by atoms with Gasteiger partial charge in [-0.3, -0.25) is 4.79 Å². The predicted octanol–water partition coefficient (Wildman–Crippen LogP) is 3.91. The summed E-state index contributed by atoms with van der Waals surface area (Å²) in [7, 11) is 4.54. The van der Waals surface area contributed by atoms with E-state index in [0.29, 0.717) is 32.8 Å². The summed E-state index contributed by atoms with van der Waals surface area (Å²) in [4.78, 5) is 24.1. The molecule has 0 heterocycles. The van der Waals surface area contributed by atoms with Crippen LogP contribution in [0.4, 0.5) is 0 Å². The van der Waals surface area contributed by atoms with Gasteiger partial charge in [-0.2, -0.15) is 0 Å². The molecular formula is C20H19BrO6. The van der Waals surface area contributed by atoms with Crippen LogP contribution in [0.1, 0.15) is 15.9 Å². The minimum absolute atomic E-state index is 0.298. The van der Waals surface area contributed by atoms with Crippen molar-refractivity contribution in [1.29, 1.82) is 0 Å². The molecule has 0 unspecified atom stereocenters. The van der Waals surface area contributed by atoms with Crippen molar-refractivity contribution in [3.8, 4) is 17.2 Å². The molecule has 0 aliphatic rings. The first kappa shape index (κ1) is 20.5. The summed E-state index contributed by atoms with van der Waals surface area (Å²) in [6, 6.07) is 10.3. The largest absolute Gasteiger partial charge is 0.496 e. The first-order valence-electron chi connectivity index (χ1n) is 7.92. The third-order valence-electron chi connectivity index (χ3n) is 3.65. The van der Waals surface area contributed by atoms with Crippen molar-refractivity contribution in [1.82, 2.24) is 0 Å². The molecule has 2 rings (SSSR count). The summed E-state index contributed by atoms with van der Waals surface area (Å²) in [5.41, 5.74) is 1.06. The topological polar surface area (TPSA) is 71.1 Å². The van der Waals surface area contributed by atoms with Crippen molar-refractivity contribution in [2.45, 2.75) is 0 Å². The molecule has 0 saturated carbocycles. The highest BCUT2D eigenvalue weighted by molar-refractivity contribution is 9.10. The number of benzene rings is 2. The number of carbonyl (C=O) groups excluding carboxylic acids is 2. The first-order chi connectivity index (χ1) is 13.0. The normalized spacial score (nSPS) is 10.5. The van der Waals surface area contributed by atoms with Crippen molar-refractivity contribution in [2.75, 3.05) is 27.9 Å². The lowest BCUT2D eigenvalue weighted by Gasteiger charge is -2.12. The summed E-state index contributed by atoms with van der Waals surface area (Å²) in [5.74, 6) is 0.560. The molecule has 0 aliphatic heterocycles. The van der Waals surface area contributed by atoms with Crippen LogP contribution in [-0.2, 0) is 9.53 Å². The molecule has 0 fully saturated rings. The fourth-order valence-electron chi connectivity index (χ4n) is 2.29. The van der Waals surface area contributed by atoms with Gasteiger partial charge in [0.15, 0.2) is 18.1 Å². The number of ether oxygens (including phenoxy) is 4. The quantitative estimate of drug-likeness (QED) is 0.356. The number of hydrogen-bond donors (Lipinski definition) is 0. The van der Waals surface area contributed by atoms with E-state index in [1.165, 1.54) is 33.5 Å². The molecule has 6 nitrogen and oxygen atoms in total. The summed E-state index contributed by atoms with van der Waals surface area (Å²) in [6.07, 6.45) is 2.74. The standard InChI is InChI=1S/C20H19BrO6/c1-24-17-11-19(26-3)18(25-2)10-13(17)8-9-20(23)27-12-16(22)14-6-4-5-7-15(14)21/h4-11H,12H2,1-3H3/b9-8+. The Kier molecular flexibility index (Phi) is 7.43. The molecule has 2 aromatic rings. The van der Waals surface area contributed by atoms with Crippen LogP contribution in [0.3, 0.4) is 0 Å². The smallest absolute Gasteiger partial charge is 0.331 e. The van der Waals surface area contributed by atoms with Gasteiger partial charge in [0.1, 0.15) is 5.75 Å². The second kappa shape index (κ2) is 9.78. The Morgan fingerprint density at radius 3 is 2.22 bits per heavy atom. The van der Waals surface area contributed by atoms with Gasteiger partial charge in [-0.25, -0.2) is 4.79 Å². The minimum atomic E-state index is -0.646. The Bertz CT molecular complexity index is 860. The van der Waals surface area contributed by atoms with Crippen LogP contribution < -0.4 is 14.2 Å². The molecule has 2 aromatic carbocycles. The molecule has 142 valence electrons. The second-order valence-electron chi connectivity index (χ2n) is 5.29. The van der Waals surface area contributed by atoms with E-state index in [2.05, 4.69) is 15.9 Å². The van der Waals surface area contributed by atoms with Crippen molar-refractivity contribution < 1.29 is 28.5 Å². The maximum absolute atomic E-state index is 12.1. The maximum atomic E-state index is 12.1. The average Bonchev–Trinajstić information content (AvgIpc) is 2.69. The Morgan fingerprint density at radius 1 is 0.963 bits per heavy atom. The zero-order valence-corrected chi connectivity index (χ0v) is 16.7. The van der Waals surface area contributed by atoms with Gasteiger partial charge in [0.25, 0.3) is 0 Å². The minimum Gasteiger partial charge on any atom is -0.496 e. The van der Waals surface area contributed by atoms with Gasteiger partial charge in [0.2, 0.25) is 5.78 Å². The Hall–Kier alpha value is -2.80. The summed E-state index contributed by atoms with van der Waals surface area (Å²) < 4.78 is 21.4. The zero-order chi connectivity index (χ0) is 19.8. The SMILES string of the molecule is COc1cc(OC)c(OC)cc1/C=C/C(=O)OCC(=O)c1ccccc1Br. The fraction of sp³-hybridized carbons (Fsp3) is 0.200. The number of methoxy groups -OCH3 is 3. The van der Waals surface area contributed by atoms with Gasteiger partial charge in [-0.1, -0.05) is 34.1 Å². The first-order valence-corrected chi connectivity index (χ1v) is 8.72. The lowest BCUT2D eigenvalue weighted by Crippen LogP contribution is -2.13. The lowest BCUT2D eigenvalue weighted by atomic mass is 10.1. The van der Waals surface area contributed by atoms with E-state index in [4.69, 9.17) is 18.9 Å². The number of ketones is 1. The third-order valence-corrected chi connectivity index (χ3v) is 4.35. The molecule has 0 amide bonds. The highest BCUT2D eigenvalue weighted by Gasteiger charge is 2.13. The van der Waals surface area contributed by atoms with Crippen LogP contribution in [0.2, 0.25) is 0 Å². The third kappa shape index (κ3) is 5.34. The van der Waals surface area contributed by atoms with Gasteiger partial charge in [-0.05, 0) is 18.2 Å². The number of rotatable bonds is 8. The van der Waals surface area contributed by atoms with E-state index in [1.54, 1.807) is 36.4 Å². The fourth-order valence-corrected chi connectivity index (χ4v) is 2.80. The summed E-state index contributed by atoms with van der Waals surface area (Å²) >= 11 is 3.30. The van der Waals surface area contributed by atoms with Crippen LogP contribution in [0.25, 0.3) is 6.08 Å². The van der Waals surface area contributed by atoms with Gasteiger partial charge in [0.05, 0.1) is 21.3 Å². The summed E-state index contributed by atoms with van der Waals surface area (Å²) in [6.45, 7) is -0.352. The number of Topliss-reactive ketones (excluding diaryl/α,β-unsaturated/α-hetero) is 1. The maximum Gasteiger partial charge on any atom is 0.331 e. The molecule has 0 N–H and O–H groups in total. The molecule has 0 radical (unpaired) electrons. The molecule has 0 bridgehead atoms. The van der Waals surface area contributed by atoms with E-state index in [-0.39, 0.29) is 12.4 Å². The number of halogens is 1. The van der Waals surface area contributed by atoms with E-state index >= 15 is 0 Å². The number of hydrogen-bond acceptors (Lipinski definition) is 6. The molecule has 0 aromatic heterocycles. The Labute approximate surface area is 165 Å². The van der Waals surface area contributed by atoms with Crippen LogP contribution in [0.15, 0.2) is 46.9 Å². The van der Waals surface area contributed by atoms with Crippen LogP contribution in [-0.4, -0.2) is 39.7 Å². The Balaban J connectivity index is 2.06. The van der Waals surface area contributed by atoms with E-state index < -0.39 is 5.97 Å². The van der Waals surface area contributed by atoms with Crippen LogP contribution in [0.5, 0.6) is 17.2 Å². The molecule has 7 heteroatoms. The Morgan fingerprint density at radius 2 is 1.59 bits per heavy atom. The monoisotopic (exact) mass is 434 g/mol. The van der Waals surface area contributed by atoms with Crippen molar-refractivity contribution in [3.05, 3.63) is 58.1 Å². The van der Waals surface area contributed by atoms with Crippen LogP contribution >= 0.6 is 15.9 Å². The van der Waals surface area contributed by atoms with Crippen molar-refractivity contribution >= 4 is 33.8 Å². The van der Waals surface area contributed by atoms with Gasteiger partial charge in [-0.15, -0.1) is 0 Å². The molecule has 0 spiro atoms. The average molecular weight is 435 g/mol. The molecule has 0 saturated heterocycles. The molecule has 0 atom stereocenters. The highest BCUT2D eigenvalue weighted by Crippen LogP contribution is 2.35.